The first-order valence-corrected chi connectivity index (χ1v) is 12.6. The molecule has 6 nitrogen and oxygen atoms in total. The van der Waals surface area contributed by atoms with Crippen LogP contribution >= 0.6 is 11.3 Å². The molecule has 9 heteroatoms. The molecule has 0 radical (unpaired) electrons. The van der Waals surface area contributed by atoms with E-state index in [2.05, 4.69) is 15.3 Å². The summed E-state index contributed by atoms with van der Waals surface area (Å²) in [5, 5.41) is 2.80. The van der Waals surface area contributed by atoms with Crippen molar-refractivity contribution in [3.05, 3.63) is 46.1 Å². The van der Waals surface area contributed by atoms with Crippen molar-refractivity contribution in [2.75, 3.05) is 30.3 Å². The summed E-state index contributed by atoms with van der Waals surface area (Å²) in [5.74, 6) is -0.214. The Kier molecular flexibility index (Phi) is 4.85. The third-order valence-corrected chi connectivity index (χ3v) is 9.44. The number of thiophene rings is 1. The van der Waals surface area contributed by atoms with Crippen molar-refractivity contribution >= 4 is 39.0 Å². The fourth-order valence-electron chi connectivity index (χ4n) is 6.24. The number of aromatic nitrogens is 2. The molecule has 1 saturated heterocycles. The van der Waals surface area contributed by atoms with E-state index in [1.54, 1.807) is 13.1 Å². The van der Waals surface area contributed by atoms with Gasteiger partial charge in [-0.15, -0.1) is 11.3 Å². The minimum Gasteiger partial charge on any atom is -0.396 e. The highest BCUT2D eigenvalue weighted by Gasteiger charge is 2.64. The highest BCUT2D eigenvalue weighted by molar-refractivity contribution is 7.21. The van der Waals surface area contributed by atoms with Crippen LogP contribution in [0, 0.1) is 35.8 Å². The van der Waals surface area contributed by atoms with Crippen molar-refractivity contribution in [1.82, 2.24) is 15.3 Å². The lowest BCUT2D eigenvalue weighted by Crippen LogP contribution is -2.55. The van der Waals surface area contributed by atoms with Gasteiger partial charge in [0.1, 0.15) is 26.9 Å². The number of benzene rings is 1. The molecule has 2 saturated carbocycles. The topological polar surface area (TPSA) is 84.1 Å². The van der Waals surface area contributed by atoms with Gasteiger partial charge in [-0.25, -0.2) is 18.7 Å². The predicted octanol–water partition coefficient (Wildman–Crippen LogP) is 4.63. The summed E-state index contributed by atoms with van der Waals surface area (Å²) in [6, 6.07) is 2.63. The molecule has 3 fully saturated rings. The zero-order valence-electron chi connectivity index (χ0n) is 19.2. The van der Waals surface area contributed by atoms with Crippen molar-refractivity contribution in [3.63, 3.8) is 0 Å². The van der Waals surface area contributed by atoms with Gasteiger partial charge in [-0.3, -0.25) is 4.79 Å². The van der Waals surface area contributed by atoms with E-state index in [4.69, 9.17) is 5.73 Å². The molecule has 2 aliphatic carbocycles. The maximum absolute atomic E-state index is 15.1. The molecule has 6 rings (SSSR count). The van der Waals surface area contributed by atoms with Crippen molar-refractivity contribution in [1.29, 1.82) is 0 Å². The molecule has 0 bridgehead atoms. The standard InChI is InChI=1S/C25H27F2N5OS/c1-12(8-30-23(33)22-20(28)21-24(34-22)31-13(2)9-29-21)16-6-18(27)19(7-17(16)26)32-10-15-5-14-3-4-25(14,15)11-32/h6-7,9,12,14-15H,3-5,8,10-11,28H2,1-2H3,(H,30,33)/t12-,14?,15?,25?/m0/s1. The third-order valence-electron chi connectivity index (χ3n) is 8.35. The van der Waals surface area contributed by atoms with Crippen LogP contribution in [0.4, 0.5) is 20.2 Å². The van der Waals surface area contributed by atoms with Crippen molar-refractivity contribution in [2.45, 2.75) is 39.0 Å². The maximum Gasteiger partial charge on any atom is 0.263 e. The van der Waals surface area contributed by atoms with Crippen LogP contribution in [0.5, 0.6) is 0 Å². The number of halogens is 2. The first-order valence-electron chi connectivity index (χ1n) is 11.8. The van der Waals surface area contributed by atoms with E-state index in [-0.39, 0.29) is 23.7 Å². The smallest absolute Gasteiger partial charge is 0.263 e. The largest absolute Gasteiger partial charge is 0.396 e. The lowest BCUT2D eigenvalue weighted by molar-refractivity contribution is -0.104. The summed E-state index contributed by atoms with van der Waals surface area (Å²) in [6.45, 7) is 5.40. The van der Waals surface area contributed by atoms with Gasteiger partial charge >= 0.3 is 0 Å². The number of carbonyl (C=O) groups is 1. The van der Waals surface area contributed by atoms with E-state index in [9.17, 15) is 4.79 Å². The molecular formula is C25H27F2N5OS. The van der Waals surface area contributed by atoms with Gasteiger partial charge in [-0.2, -0.15) is 0 Å². The number of nitrogen functional groups attached to an aromatic ring is 1. The van der Waals surface area contributed by atoms with Crippen LogP contribution in [-0.4, -0.2) is 35.5 Å². The van der Waals surface area contributed by atoms with E-state index in [0.29, 0.717) is 32.2 Å². The fraction of sp³-hybridized carbons (Fsp3) is 0.480. The molecule has 3 heterocycles. The Labute approximate surface area is 200 Å². The van der Waals surface area contributed by atoms with Crippen LogP contribution in [0.2, 0.25) is 0 Å². The van der Waals surface area contributed by atoms with Gasteiger partial charge in [0.15, 0.2) is 0 Å². The Morgan fingerprint density at radius 3 is 2.88 bits per heavy atom. The Morgan fingerprint density at radius 1 is 1.35 bits per heavy atom. The van der Waals surface area contributed by atoms with Crippen molar-refractivity contribution in [2.24, 2.45) is 17.3 Å². The second-order valence-corrected chi connectivity index (χ2v) is 11.2. The van der Waals surface area contributed by atoms with Gasteiger partial charge < -0.3 is 16.0 Å². The summed E-state index contributed by atoms with van der Waals surface area (Å²) in [7, 11) is 0. The summed E-state index contributed by atoms with van der Waals surface area (Å²) < 4.78 is 30.2. The van der Waals surface area contributed by atoms with Gasteiger partial charge in [-0.1, -0.05) is 6.92 Å². The van der Waals surface area contributed by atoms with Gasteiger partial charge in [0.25, 0.3) is 5.91 Å². The molecule has 34 heavy (non-hydrogen) atoms. The zero-order chi connectivity index (χ0) is 23.8. The highest BCUT2D eigenvalue weighted by Crippen LogP contribution is 2.67. The lowest BCUT2D eigenvalue weighted by Gasteiger charge is -2.60. The molecule has 3 unspecified atom stereocenters. The van der Waals surface area contributed by atoms with Gasteiger partial charge in [0, 0.05) is 37.8 Å². The first kappa shape index (κ1) is 21.7. The minimum absolute atomic E-state index is 0.151. The van der Waals surface area contributed by atoms with Crippen LogP contribution in [0.3, 0.4) is 0 Å². The number of rotatable bonds is 5. The van der Waals surface area contributed by atoms with E-state index >= 15 is 8.78 Å². The molecule has 178 valence electrons. The summed E-state index contributed by atoms with van der Waals surface area (Å²) in [5.41, 5.74) is 8.61. The molecule has 3 aliphatic rings. The van der Waals surface area contributed by atoms with Crippen LogP contribution in [0.1, 0.15) is 53.0 Å². The van der Waals surface area contributed by atoms with Crippen LogP contribution in [0.15, 0.2) is 18.3 Å². The average molecular weight is 484 g/mol. The Balaban J connectivity index is 1.15. The van der Waals surface area contributed by atoms with Crippen molar-refractivity contribution in [3.8, 4) is 0 Å². The highest BCUT2D eigenvalue weighted by atomic mass is 32.1. The monoisotopic (exact) mass is 483 g/mol. The summed E-state index contributed by atoms with van der Waals surface area (Å²) in [4.78, 5) is 24.3. The van der Waals surface area contributed by atoms with Crippen LogP contribution in [-0.2, 0) is 0 Å². The van der Waals surface area contributed by atoms with Gasteiger partial charge in [-0.05, 0) is 55.1 Å². The number of nitrogens with two attached hydrogens (primary N) is 1. The second kappa shape index (κ2) is 7.60. The van der Waals surface area contributed by atoms with Gasteiger partial charge in [0.05, 0.1) is 17.1 Å². The SMILES string of the molecule is Cc1cnc2c(N)c(C(=O)NC[C@H](C)c3cc(F)c(N4CC5CC6CCC65C4)cc3F)sc2n1. The average Bonchev–Trinajstić information content (AvgIpc) is 3.33. The zero-order valence-corrected chi connectivity index (χ0v) is 20.0. The number of hydrogen-bond donors (Lipinski definition) is 2. The molecular weight excluding hydrogens is 456 g/mol. The molecule has 1 aromatic carbocycles. The van der Waals surface area contributed by atoms with Gasteiger partial charge in [0.2, 0.25) is 0 Å². The predicted molar refractivity (Wildman–Crippen MR) is 129 cm³/mol. The Bertz CT molecular complexity index is 1330. The number of aryl methyl sites for hydroxylation is 1. The Morgan fingerprint density at radius 2 is 2.18 bits per heavy atom. The molecule has 3 aromatic rings. The van der Waals surface area contributed by atoms with Crippen LogP contribution < -0.4 is 16.0 Å². The maximum atomic E-state index is 15.1. The van der Waals surface area contributed by atoms with E-state index in [1.165, 1.54) is 42.7 Å². The number of anilines is 2. The fourth-order valence-corrected chi connectivity index (χ4v) is 7.25. The lowest BCUT2D eigenvalue weighted by atomic mass is 9.43. The van der Waals surface area contributed by atoms with Crippen molar-refractivity contribution < 1.29 is 13.6 Å². The van der Waals surface area contributed by atoms with E-state index < -0.39 is 17.6 Å². The molecule has 4 atom stereocenters. The Hall–Kier alpha value is -2.81. The molecule has 1 amide bonds. The number of hydrogen-bond acceptors (Lipinski definition) is 6. The number of carbonyl (C=O) groups excluding carboxylic acids is 1. The molecule has 2 aromatic heterocycles. The number of fused-ring (bicyclic) bond motifs is 1. The van der Waals surface area contributed by atoms with E-state index in [1.807, 2.05) is 11.8 Å². The summed E-state index contributed by atoms with van der Waals surface area (Å²) >= 11 is 1.17. The van der Waals surface area contributed by atoms with E-state index in [0.717, 1.165) is 24.7 Å². The molecule has 1 aliphatic heterocycles. The summed E-state index contributed by atoms with van der Waals surface area (Å²) in [6.07, 6.45) is 5.33. The number of nitrogens with one attached hydrogen (secondary N) is 1. The quantitative estimate of drug-likeness (QED) is 0.553. The molecule has 3 N–H and O–H groups in total. The third kappa shape index (κ3) is 3.12. The minimum atomic E-state index is -0.440. The number of nitrogens with zero attached hydrogens (tertiary/aromatic N) is 3. The second-order valence-electron chi connectivity index (χ2n) is 10.2. The first-order chi connectivity index (χ1) is 16.3. The number of amides is 1. The normalized spacial score (nSPS) is 25.9. The van der Waals surface area contributed by atoms with Crippen LogP contribution in [0.25, 0.3) is 10.3 Å². The molecule has 1 spiro atoms.